The summed E-state index contributed by atoms with van der Waals surface area (Å²) in [5.74, 6) is 1.48. The molecule has 1 aromatic rings. The number of β-amino-alcohol motifs (C(OH)–C–C–N with tert-alkyl or cyclic N) is 1. The van der Waals surface area contributed by atoms with Crippen LogP contribution in [0.25, 0.3) is 0 Å². The predicted octanol–water partition coefficient (Wildman–Crippen LogP) is 1.21. The Morgan fingerprint density at radius 1 is 1.25 bits per heavy atom. The van der Waals surface area contributed by atoms with Crippen LogP contribution in [-0.4, -0.2) is 55.6 Å². The highest BCUT2D eigenvalue weighted by Crippen LogP contribution is 2.32. The Kier molecular flexibility index (Phi) is 4.10. The normalized spacial score (nSPS) is 24.4. The molecule has 0 amide bonds. The van der Waals surface area contributed by atoms with E-state index in [0.29, 0.717) is 19.8 Å². The third kappa shape index (κ3) is 3.06. The topological polar surface area (TPSA) is 51.2 Å². The van der Waals surface area contributed by atoms with E-state index in [2.05, 4.69) is 11.8 Å². The highest BCUT2D eigenvalue weighted by atomic mass is 16.6. The zero-order valence-electron chi connectivity index (χ0n) is 11.7. The van der Waals surface area contributed by atoms with Crippen LogP contribution in [0.15, 0.2) is 18.2 Å². The predicted molar refractivity (Wildman–Crippen MR) is 74.2 cm³/mol. The van der Waals surface area contributed by atoms with Crippen molar-refractivity contribution >= 4 is 0 Å². The van der Waals surface area contributed by atoms with Crippen molar-refractivity contribution in [3.05, 3.63) is 23.8 Å². The molecule has 1 saturated heterocycles. The number of hydrogen-bond donors (Lipinski definition) is 1. The van der Waals surface area contributed by atoms with E-state index in [9.17, 15) is 5.11 Å². The van der Waals surface area contributed by atoms with Gasteiger partial charge in [0.1, 0.15) is 13.2 Å². The monoisotopic (exact) mass is 279 g/mol. The molecule has 2 atom stereocenters. The van der Waals surface area contributed by atoms with E-state index in [1.165, 1.54) is 0 Å². The lowest BCUT2D eigenvalue weighted by Gasteiger charge is -2.32. The first kappa shape index (κ1) is 13.7. The van der Waals surface area contributed by atoms with E-state index in [1.807, 2.05) is 18.2 Å². The SMILES string of the molecule is CC1CN(CC(O)c2ccc3c(c2)OCCO3)CCO1. The van der Waals surface area contributed by atoms with Crippen LogP contribution in [0.5, 0.6) is 11.5 Å². The van der Waals surface area contributed by atoms with Gasteiger partial charge in [-0.15, -0.1) is 0 Å². The van der Waals surface area contributed by atoms with E-state index < -0.39 is 6.10 Å². The van der Waals surface area contributed by atoms with Gasteiger partial charge in [0.15, 0.2) is 11.5 Å². The van der Waals surface area contributed by atoms with Crippen LogP contribution in [0.3, 0.4) is 0 Å². The number of benzene rings is 1. The lowest BCUT2D eigenvalue weighted by molar-refractivity contribution is -0.0319. The van der Waals surface area contributed by atoms with Gasteiger partial charge in [-0.25, -0.2) is 0 Å². The molecular weight excluding hydrogens is 258 g/mol. The Hall–Kier alpha value is -1.30. The molecule has 1 N–H and O–H groups in total. The van der Waals surface area contributed by atoms with Crippen molar-refractivity contribution in [2.45, 2.75) is 19.1 Å². The molecule has 20 heavy (non-hydrogen) atoms. The minimum Gasteiger partial charge on any atom is -0.486 e. The van der Waals surface area contributed by atoms with Crippen molar-refractivity contribution in [3.63, 3.8) is 0 Å². The summed E-state index contributed by atoms with van der Waals surface area (Å²) in [7, 11) is 0. The van der Waals surface area contributed by atoms with Gasteiger partial charge in [0.2, 0.25) is 0 Å². The van der Waals surface area contributed by atoms with E-state index >= 15 is 0 Å². The number of nitrogens with zero attached hydrogens (tertiary/aromatic N) is 1. The number of aliphatic hydroxyl groups is 1. The van der Waals surface area contributed by atoms with Crippen LogP contribution in [-0.2, 0) is 4.74 Å². The van der Waals surface area contributed by atoms with Crippen molar-refractivity contribution in [1.29, 1.82) is 0 Å². The molecule has 2 heterocycles. The smallest absolute Gasteiger partial charge is 0.161 e. The summed E-state index contributed by atoms with van der Waals surface area (Å²) in [5, 5.41) is 10.4. The van der Waals surface area contributed by atoms with E-state index in [1.54, 1.807) is 0 Å². The summed E-state index contributed by atoms with van der Waals surface area (Å²) in [6, 6.07) is 5.65. The lowest BCUT2D eigenvalue weighted by Crippen LogP contribution is -2.42. The van der Waals surface area contributed by atoms with Crippen molar-refractivity contribution in [2.75, 3.05) is 39.5 Å². The van der Waals surface area contributed by atoms with Gasteiger partial charge in [0.25, 0.3) is 0 Å². The Labute approximate surface area is 119 Å². The van der Waals surface area contributed by atoms with E-state index in [-0.39, 0.29) is 6.10 Å². The fraction of sp³-hybridized carbons (Fsp3) is 0.600. The lowest BCUT2D eigenvalue weighted by atomic mass is 10.1. The molecule has 2 aliphatic heterocycles. The molecule has 0 radical (unpaired) electrons. The zero-order chi connectivity index (χ0) is 13.9. The molecular formula is C15H21NO4. The molecule has 0 aliphatic carbocycles. The number of fused-ring (bicyclic) bond motifs is 1. The van der Waals surface area contributed by atoms with Crippen LogP contribution in [0.2, 0.25) is 0 Å². The van der Waals surface area contributed by atoms with E-state index in [0.717, 1.165) is 36.8 Å². The molecule has 0 spiro atoms. The third-order valence-corrected chi connectivity index (χ3v) is 3.71. The van der Waals surface area contributed by atoms with Gasteiger partial charge >= 0.3 is 0 Å². The van der Waals surface area contributed by atoms with Crippen molar-refractivity contribution in [3.8, 4) is 11.5 Å². The van der Waals surface area contributed by atoms with Crippen LogP contribution in [0.1, 0.15) is 18.6 Å². The van der Waals surface area contributed by atoms with Gasteiger partial charge < -0.3 is 19.3 Å². The summed E-state index contributed by atoms with van der Waals surface area (Å²) >= 11 is 0. The zero-order valence-corrected chi connectivity index (χ0v) is 11.7. The second kappa shape index (κ2) is 5.99. The van der Waals surface area contributed by atoms with Crippen LogP contribution >= 0.6 is 0 Å². The minimum absolute atomic E-state index is 0.233. The largest absolute Gasteiger partial charge is 0.486 e. The molecule has 3 rings (SSSR count). The molecule has 2 aliphatic rings. The van der Waals surface area contributed by atoms with Crippen molar-refractivity contribution in [1.82, 2.24) is 4.90 Å². The van der Waals surface area contributed by atoms with Gasteiger partial charge in [-0.3, -0.25) is 4.90 Å². The van der Waals surface area contributed by atoms with E-state index in [4.69, 9.17) is 14.2 Å². The van der Waals surface area contributed by atoms with Crippen LogP contribution < -0.4 is 9.47 Å². The van der Waals surface area contributed by atoms with Crippen molar-refractivity contribution < 1.29 is 19.3 Å². The standard InChI is InChI=1S/C15H21NO4/c1-11-9-16(4-5-18-11)10-13(17)12-2-3-14-15(8-12)20-7-6-19-14/h2-3,8,11,13,17H,4-7,9-10H2,1H3. The number of ether oxygens (including phenoxy) is 3. The summed E-state index contributed by atoms with van der Waals surface area (Å²) < 4.78 is 16.6. The third-order valence-electron chi connectivity index (χ3n) is 3.71. The fourth-order valence-corrected chi connectivity index (χ4v) is 2.67. The first-order valence-corrected chi connectivity index (χ1v) is 7.14. The highest BCUT2D eigenvalue weighted by Gasteiger charge is 2.21. The Bertz CT molecular complexity index is 465. The van der Waals surface area contributed by atoms with Crippen LogP contribution in [0, 0.1) is 0 Å². The Balaban J connectivity index is 1.66. The first-order valence-electron chi connectivity index (χ1n) is 7.14. The second-order valence-electron chi connectivity index (χ2n) is 5.36. The molecule has 110 valence electrons. The molecule has 0 saturated carbocycles. The molecule has 2 unspecified atom stereocenters. The molecule has 1 aromatic carbocycles. The Morgan fingerprint density at radius 3 is 2.85 bits per heavy atom. The number of morpholine rings is 1. The molecule has 0 bridgehead atoms. The summed E-state index contributed by atoms with van der Waals surface area (Å²) in [5.41, 5.74) is 0.869. The average Bonchev–Trinajstić information content (AvgIpc) is 2.47. The Morgan fingerprint density at radius 2 is 2.05 bits per heavy atom. The molecule has 5 heteroatoms. The van der Waals surface area contributed by atoms with Gasteiger partial charge in [-0.1, -0.05) is 6.07 Å². The molecule has 1 fully saturated rings. The number of rotatable bonds is 3. The van der Waals surface area contributed by atoms with Crippen LogP contribution in [0.4, 0.5) is 0 Å². The minimum atomic E-state index is -0.517. The molecule has 5 nitrogen and oxygen atoms in total. The number of hydrogen-bond acceptors (Lipinski definition) is 5. The fourth-order valence-electron chi connectivity index (χ4n) is 2.67. The maximum absolute atomic E-state index is 10.4. The number of aliphatic hydroxyl groups excluding tert-OH is 1. The second-order valence-corrected chi connectivity index (χ2v) is 5.36. The van der Waals surface area contributed by atoms with Gasteiger partial charge in [0, 0.05) is 19.6 Å². The maximum Gasteiger partial charge on any atom is 0.161 e. The summed E-state index contributed by atoms with van der Waals surface area (Å²) in [4.78, 5) is 2.23. The van der Waals surface area contributed by atoms with Gasteiger partial charge in [-0.2, -0.15) is 0 Å². The first-order chi connectivity index (χ1) is 9.72. The molecule has 0 aromatic heterocycles. The van der Waals surface area contributed by atoms with Crippen molar-refractivity contribution in [2.24, 2.45) is 0 Å². The highest BCUT2D eigenvalue weighted by molar-refractivity contribution is 5.44. The van der Waals surface area contributed by atoms with Gasteiger partial charge in [-0.05, 0) is 24.6 Å². The quantitative estimate of drug-likeness (QED) is 0.901. The average molecular weight is 279 g/mol. The maximum atomic E-state index is 10.4. The summed E-state index contributed by atoms with van der Waals surface area (Å²) in [6.07, 6.45) is -0.285. The van der Waals surface area contributed by atoms with Gasteiger partial charge in [0.05, 0.1) is 18.8 Å². The summed E-state index contributed by atoms with van der Waals surface area (Å²) in [6.45, 7) is 6.28.